The summed E-state index contributed by atoms with van der Waals surface area (Å²) in [6.45, 7) is 3.99. The van der Waals surface area contributed by atoms with Crippen LogP contribution in [-0.4, -0.2) is 11.1 Å². The summed E-state index contributed by atoms with van der Waals surface area (Å²) in [5.41, 5.74) is 2.37. The maximum absolute atomic E-state index is 16.7. The first-order chi connectivity index (χ1) is 15.1. The van der Waals surface area contributed by atoms with Crippen LogP contribution in [0.5, 0.6) is 0 Å². The minimum atomic E-state index is -1.41. The topological polar surface area (TPSA) is 19.4 Å². The van der Waals surface area contributed by atoms with Crippen molar-refractivity contribution in [2.24, 2.45) is 5.92 Å². The molecule has 0 bridgehead atoms. The molecule has 3 unspecified atom stereocenters. The predicted molar refractivity (Wildman–Crippen MR) is 125 cm³/mol. The molecule has 3 heterocycles. The number of anilines is 4. The van der Waals surface area contributed by atoms with Crippen molar-refractivity contribution in [3.05, 3.63) is 90.6 Å². The molecule has 2 aliphatic heterocycles. The van der Waals surface area contributed by atoms with Crippen LogP contribution in [0.15, 0.2) is 85.1 Å². The average Bonchev–Trinajstić information content (AvgIpc) is 3.19. The van der Waals surface area contributed by atoms with E-state index in [-0.39, 0.29) is 12.1 Å². The fourth-order valence-electron chi connectivity index (χ4n) is 5.53. The molecule has 6 rings (SSSR count). The fourth-order valence-corrected chi connectivity index (χ4v) is 5.53. The highest BCUT2D eigenvalue weighted by atomic mass is 19.1. The molecule has 0 spiro atoms. The van der Waals surface area contributed by atoms with Gasteiger partial charge in [-0.05, 0) is 24.6 Å². The van der Waals surface area contributed by atoms with E-state index in [2.05, 4.69) is 40.1 Å². The van der Waals surface area contributed by atoms with Crippen molar-refractivity contribution in [3.63, 3.8) is 0 Å². The van der Waals surface area contributed by atoms with Crippen molar-refractivity contribution in [1.29, 1.82) is 0 Å². The molecule has 0 N–H and O–H groups in total. The molecule has 0 amide bonds. The third kappa shape index (κ3) is 2.36. The van der Waals surface area contributed by atoms with Crippen LogP contribution in [0, 0.1) is 5.92 Å². The first-order valence-electron chi connectivity index (χ1n) is 10.9. The SMILES string of the molecule is CCC1(F)c2ccccc2N2c3ncc4ccccc4c3N(c3ccccc3)C2C1C. The van der Waals surface area contributed by atoms with Gasteiger partial charge in [0, 0.05) is 34.1 Å². The van der Waals surface area contributed by atoms with E-state index in [0.717, 1.165) is 39.2 Å². The molecule has 3 nitrogen and oxygen atoms in total. The zero-order valence-corrected chi connectivity index (χ0v) is 17.7. The van der Waals surface area contributed by atoms with Gasteiger partial charge in [0.05, 0.1) is 11.4 Å². The lowest BCUT2D eigenvalue weighted by Crippen LogP contribution is -2.54. The van der Waals surface area contributed by atoms with Crippen molar-refractivity contribution in [1.82, 2.24) is 4.98 Å². The molecule has 2 aliphatic rings. The quantitative estimate of drug-likeness (QED) is 0.353. The highest BCUT2D eigenvalue weighted by Crippen LogP contribution is 2.59. The summed E-state index contributed by atoms with van der Waals surface area (Å²) in [4.78, 5) is 9.47. The zero-order valence-electron chi connectivity index (χ0n) is 17.7. The fraction of sp³-hybridized carbons (Fsp3) is 0.222. The third-order valence-electron chi connectivity index (χ3n) is 7.08. The first-order valence-corrected chi connectivity index (χ1v) is 10.9. The minimum Gasteiger partial charge on any atom is -0.316 e. The number of para-hydroxylation sites is 2. The Balaban J connectivity index is 1.71. The van der Waals surface area contributed by atoms with Gasteiger partial charge in [0.1, 0.15) is 11.8 Å². The van der Waals surface area contributed by atoms with E-state index in [1.807, 2.05) is 68.6 Å². The van der Waals surface area contributed by atoms with Crippen molar-refractivity contribution < 1.29 is 4.39 Å². The molecule has 0 radical (unpaired) electrons. The minimum absolute atomic E-state index is 0.199. The summed E-state index contributed by atoms with van der Waals surface area (Å²) in [6, 6.07) is 26.6. The lowest BCUT2D eigenvalue weighted by atomic mass is 9.75. The van der Waals surface area contributed by atoms with E-state index in [4.69, 9.17) is 4.98 Å². The summed E-state index contributed by atoms with van der Waals surface area (Å²) in [5.74, 6) is 0.630. The van der Waals surface area contributed by atoms with Crippen LogP contribution in [0.2, 0.25) is 0 Å². The van der Waals surface area contributed by atoms with E-state index < -0.39 is 5.67 Å². The van der Waals surface area contributed by atoms with Gasteiger partial charge in [-0.1, -0.05) is 74.5 Å². The van der Waals surface area contributed by atoms with Crippen LogP contribution >= 0.6 is 0 Å². The number of rotatable bonds is 2. The van der Waals surface area contributed by atoms with Crippen LogP contribution in [0.25, 0.3) is 10.8 Å². The highest BCUT2D eigenvalue weighted by Gasteiger charge is 2.55. The average molecular weight is 410 g/mol. The molecule has 0 saturated carbocycles. The molecule has 154 valence electrons. The number of fused-ring (bicyclic) bond motifs is 7. The second-order valence-corrected chi connectivity index (χ2v) is 8.53. The Hall–Kier alpha value is -3.40. The summed E-state index contributed by atoms with van der Waals surface area (Å²) in [6.07, 6.45) is 2.17. The number of nitrogens with zero attached hydrogens (tertiary/aromatic N) is 3. The van der Waals surface area contributed by atoms with Gasteiger partial charge < -0.3 is 9.80 Å². The number of hydrogen-bond acceptors (Lipinski definition) is 3. The standard InChI is InChI=1S/C27H24FN3/c1-3-27(28)18(2)26-30(20-12-5-4-6-13-20)24-21-14-8-7-11-19(21)17-29-25(24)31(26)23-16-10-9-15-22(23)27/h4-18,26H,3H2,1-2H3. The first kappa shape index (κ1) is 18.4. The van der Waals surface area contributed by atoms with Crippen molar-refractivity contribution in [2.45, 2.75) is 32.1 Å². The van der Waals surface area contributed by atoms with Gasteiger partial charge >= 0.3 is 0 Å². The van der Waals surface area contributed by atoms with Crippen molar-refractivity contribution in [3.8, 4) is 0 Å². The van der Waals surface area contributed by atoms with E-state index >= 15 is 4.39 Å². The lowest BCUT2D eigenvalue weighted by Gasteiger charge is -2.48. The normalized spacial score (nSPS) is 24.1. The smallest absolute Gasteiger partial charge is 0.159 e. The molecular weight excluding hydrogens is 385 g/mol. The van der Waals surface area contributed by atoms with Gasteiger partial charge in [-0.3, -0.25) is 0 Å². The molecule has 0 saturated heterocycles. The molecule has 0 aliphatic carbocycles. The number of halogens is 1. The maximum Gasteiger partial charge on any atom is 0.159 e. The second-order valence-electron chi connectivity index (χ2n) is 8.53. The molecule has 0 fully saturated rings. The Morgan fingerprint density at radius 3 is 2.42 bits per heavy atom. The lowest BCUT2D eigenvalue weighted by molar-refractivity contribution is 0.0620. The molecular formula is C27H24FN3. The molecule has 3 aromatic carbocycles. The van der Waals surface area contributed by atoms with Crippen LogP contribution in [-0.2, 0) is 5.67 Å². The van der Waals surface area contributed by atoms with Crippen molar-refractivity contribution >= 4 is 33.7 Å². The zero-order chi connectivity index (χ0) is 21.2. The number of aromatic nitrogens is 1. The number of hydrogen-bond donors (Lipinski definition) is 0. The van der Waals surface area contributed by atoms with Gasteiger partial charge in [0.2, 0.25) is 0 Å². The monoisotopic (exact) mass is 409 g/mol. The van der Waals surface area contributed by atoms with Crippen LogP contribution < -0.4 is 9.80 Å². The molecule has 1 aromatic heterocycles. The number of pyridine rings is 1. The van der Waals surface area contributed by atoms with Crippen LogP contribution in [0.1, 0.15) is 25.8 Å². The Bertz CT molecular complexity index is 1290. The van der Waals surface area contributed by atoms with Gasteiger partial charge in [-0.25, -0.2) is 9.37 Å². The molecule has 31 heavy (non-hydrogen) atoms. The molecule has 4 heteroatoms. The van der Waals surface area contributed by atoms with Gasteiger partial charge in [0.15, 0.2) is 5.82 Å². The van der Waals surface area contributed by atoms with Gasteiger partial charge in [-0.15, -0.1) is 0 Å². The maximum atomic E-state index is 16.7. The van der Waals surface area contributed by atoms with E-state index in [1.54, 1.807) is 0 Å². The Morgan fingerprint density at radius 2 is 1.61 bits per heavy atom. The molecule has 4 aromatic rings. The molecule has 3 atom stereocenters. The predicted octanol–water partition coefficient (Wildman–Crippen LogP) is 7.08. The third-order valence-corrected chi connectivity index (χ3v) is 7.08. The van der Waals surface area contributed by atoms with Crippen LogP contribution in [0.3, 0.4) is 0 Å². The Morgan fingerprint density at radius 1 is 0.903 bits per heavy atom. The largest absolute Gasteiger partial charge is 0.316 e. The second kappa shape index (κ2) is 6.55. The summed E-state index contributed by atoms with van der Waals surface area (Å²) >= 11 is 0. The Kier molecular flexibility index (Phi) is 3.88. The summed E-state index contributed by atoms with van der Waals surface area (Å²) in [5, 5.41) is 2.22. The Labute approximate surface area is 181 Å². The number of alkyl halides is 1. The van der Waals surface area contributed by atoms with E-state index in [0.29, 0.717) is 6.42 Å². The van der Waals surface area contributed by atoms with Gasteiger partial charge in [-0.2, -0.15) is 0 Å². The van der Waals surface area contributed by atoms with Gasteiger partial charge in [0.25, 0.3) is 0 Å². The van der Waals surface area contributed by atoms with Crippen molar-refractivity contribution in [2.75, 3.05) is 9.80 Å². The summed E-state index contributed by atoms with van der Waals surface area (Å²) < 4.78 is 16.7. The van der Waals surface area contributed by atoms with Crippen LogP contribution in [0.4, 0.5) is 27.3 Å². The highest BCUT2D eigenvalue weighted by molar-refractivity contribution is 6.05. The summed E-state index contributed by atoms with van der Waals surface area (Å²) in [7, 11) is 0. The van der Waals surface area contributed by atoms with E-state index in [1.165, 1.54) is 0 Å². The van der Waals surface area contributed by atoms with E-state index in [9.17, 15) is 0 Å². The number of benzene rings is 3.